The van der Waals surface area contributed by atoms with Gasteiger partial charge in [-0.25, -0.2) is 9.83 Å². The summed E-state index contributed by atoms with van der Waals surface area (Å²) in [6.45, 7) is 10.8. The number of pyridine rings is 2. The van der Waals surface area contributed by atoms with Crippen LogP contribution in [0.5, 0.6) is 0 Å². The van der Waals surface area contributed by atoms with Gasteiger partial charge < -0.3 is 24.8 Å². The molecule has 10 nitrogen and oxygen atoms in total. The van der Waals surface area contributed by atoms with Gasteiger partial charge in [0.05, 0.1) is 30.1 Å². The Labute approximate surface area is 231 Å². The van der Waals surface area contributed by atoms with Gasteiger partial charge in [0.15, 0.2) is 0 Å². The van der Waals surface area contributed by atoms with Crippen molar-refractivity contribution >= 4 is 57.4 Å². The second-order valence-corrected chi connectivity index (χ2v) is 10.3. The predicted octanol–water partition coefficient (Wildman–Crippen LogP) is 4.20. The highest BCUT2D eigenvalue weighted by atomic mass is 35.5. The van der Waals surface area contributed by atoms with Crippen LogP contribution in [0, 0.1) is 18.4 Å². The second kappa shape index (κ2) is 11.7. The Morgan fingerprint density at radius 3 is 2.72 bits per heavy atom. The van der Waals surface area contributed by atoms with Crippen LogP contribution in [0.4, 0.5) is 23.0 Å². The van der Waals surface area contributed by atoms with Crippen LogP contribution < -0.4 is 21.1 Å². The molecule has 1 aromatic carbocycles. The quantitative estimate of drug-likeness (QED) is 0.335. The van der Waals surface area contributed by atoms with Crippen molar-refractivity contribution in [1.82, 2.24) is 14.9 Å². The minimum absolute atomic E-state index is 0.132. The van der Waals surface area contributed by atoms with Crippen molar-refractivity contribution in [3.8, 4) is 0 Å². The van der Waals surface area contributed by atoms with Gasteiger partial charge in [0.1, 0.15) is 11.6 Å². The summed E-state index contributed by atoms with van der Waals surface area (Å²) in [5, 5.41) is 6.92. The Bertz CT molecular complexity index is 1530. The number of fused-ring (bicyclic) bond motifs is 1. The number of carbonyl (C=O) groups excluding carboxylic acids is 2. The normalized spacial score (nSPS) is 17.0. The number of anilines is 3. The number of hydrogen-bond acceptors (Lipinski definition) is 7. The highest BCUT2D eigenvalue weighted by Gasteiger charge is 2.32. The van der Waals surface area contributed by atoms with Crippen LogP contribution in [0.2, 0.25) is 5.02 Å². The number of esters is 1. The van der Waals surface area contributed by atoms with Crippen LogP contribution in [0.3, 0.4) is 0 Å². The monoisotopic (exact) mass is 550 g/mol. The Hall–Kier alpha value is -4.10. The van der Waals surface area contributed by atoms with E-state index in [4.69, 9.17) is 27.9 Å². The molecule has 0 radical (unpaired) electrons. The summed E-state index contributed by atoms with van der Waals surface area (Å²) in [5.41, 5.74) is 2.14. The smallest absolute Gasteiger partial charge is 0.310 e. The van der Waals surface area contributed by atoms with Crippen LogP contribution in [0.1, 0.15) is 25.3 Å². The Balaban J connectivity index is 1.67. The first-order valence-electron chi connectivity index (χ1n) is 12.7. The molecular formula is C28H31ClN6O4. The van der Waals surface area contributed by atoms with Crippen molar-refractivity contribution in [2.75, 3.05) is 37.5 Å². The summed E-state index contributed by atoms with van der Waals surface area (Å²) in [6, 6.07) is 8.92. The maximum atomic E-state index is 12.8. The zero-order valence-electron chi connectivity index (χ0n) is 22.4. The zero-order valence-corrected chi connectivity index (χ0v) is 23.1. The number of halogens is 1. The molecule has 1 aliphatic rings. The lowest BCUT2D eigenvalue weighted by Gasteiger charge is -2.36. The van der Waals surface area contributed by atoms with Gasteiger partial charge in [-0.2, -0.15) is 0 Å². The number of amides is 1. The fourth-order valence-electron chi connectivity index (χ4n) is 5.05. The molecular weight excluding hydrogens is 520 g/mol. The molecule has 2 unspecified atom stereocenters. The maximum Gasteiger partial charge on any atom is 0.310 e. The SMILES string of the molecule is [C-]#[N+]c1cc(Cl)c(Nc2ccc3c(c2)cc(CCC(=O)NC)c(=O)n3C)nc1N1CC(C)CC(C(=O)OC)C1. The summed E-state index contributed by atoms with van der Waals surface area (Å²) >= 11 is 6.53. The third kappa shape index (κ3) is 5.99. The van der Waals surface area contributed by atoms with Gasteiger partial charge >= 0.3 is 5.97 Å². The highest BCUT2D eigenvalue weighted by molar-refractivity contribution is 6.33. The Kier molecular flexibility index (Phi) is 8.41. The van der Waals surface area contributed by atoms with Crippen LogP contribution in [0.15, 0.2) is 35.1 Å². The molecule has 2 aromatic heterocycles. The molecule has 1 aliphatic heterocycles. The summed E-state index contributed by atoms with van der Waals surface area (Å²) in [7, 11) is 4.65. The van der Waals surface area contributed by atoms with E-state index in [1.54, 1.807) is 30.8 Å². The number of hydrogen-bond donors (Lipinski definition) is 2. The zero-order chi connectivity index (χ0) is 28.3. The average molecular weight is 551 g/mol. The molecule has 1 amide bonds. The molecule has 0 bridgehead atoms. The summed E-state index contributed by atoms with van der Waals surface area (Å²) in [5.74, 6) is 0.320. The largest absolute Gasteiger partial charge is 0.469 e. The van der Waals surface area contributed by atoms with Crippen LogP contribution in [-0.4, -0.2) is 48.7 Å². The van der Waals surface area contributed by atoms with Crippen LogP contribution >= 0.6 is 11.6 Å². The molecule has 2 N–H and O–H groups in total. The molecule has 0 aliphatic carbocycles. The number of nitrogens with zero attached hydrogens (tertiary/aromatic N) is 4. The van der Waals surface area contributed by atoms with Crippen molar-refractivity contribution in [3.63, 3.8) is 0 Å². The average Bonchev–Trinajstić information content (AvgIpc) is 2.93. The first-order chi connectivity index (χ1) is 18.6. The highest BCUT2D eigenvalue weighted by Crippen LogP contribution is 2.38. The fraction of sp³-hybridized carbons (Fsp3) is 0.393. The van der Waals surface area contributed by atoms with Gasteiger partial charge in [0.2, 0.25) is 11.6 Å². The van der Waals surface area contributed by atoms with Gasteiger partial charge in [-0.1, -0.05) is 18.5 Å². The molecule has 39 heavy (non-hydrogen) atoms. The molecule has 0 spiro atoms. The van der Waals surface area contributed by atoms with E-state index < -0.39 is 0 Å². The van der Waals surface area contributed by atoms with E-state index in [0.717, 1.165) is 10.9 Å². The number of rotatable bonds is 7. The number of aryl methyl sites for hydroxylation is 2. The number of nitrogens with one attached hydrogen (secondary N) is 2. The third-order valence-corrected chi connectivity index (χ3v) is 7.30. The first kappa shape index (κ1) is 27.9. The molecule has 2 atom stereocenters. The molecule has 11 heteroatoms. The van der Waals surface area contributed by atoms with Crippen molar-refractivity contribution in [1.29, 1.82) is 0 Å². The number of ether oxygens (including phenoxy) is 1. The summed E-state index contributed by atoms with van der Waals surface area (Å²) < 4.78 is 6.54. The van der Waals surface area contributed by atoms with Crippen LogP contribution in [0.25, 0.3) is 15.7 Å². The molecule has 204 valence electrons. The molecule has 4 rings (SSSR count). The number of aromatic nitrogens is 2. The minimum atomic E-state index is -0.309. The van der Waals surface area contributed by atoms with E-state index in [1.165, 1.54) is 7.11 Å². The lowest BCUT2D eigenvalue weighted by atomic mass is 9.90. The number of piperidine rings is 1. The molecule has 3 aromatic rings. The van der Waals surface area contributed by atoms with Crippen LogP contribution in [-0.2, 0) is 27.8 Å². The molecule has 3 heterocycles. The van der Waals surface area contributed by atoms with Gasteiger partial charge in [-0.3, -0.25) is 14.4 Å². The number of carbonyl (C=O) groups is 2. The van der Waals surface area contributed by atoms with Crippen molar-refractivity contribution in [2.45, 2.75) is 26.2 Å². The first-order valence-corrected chi connectivity index (χ1v) is 13.0. The molecule has 1 saturated heterocycles. The van der Waals surface area contributed by atoms with Gasteiger partial charge in [-0.15, -0.1) is 0 Å². The van der Waals surface area contributed by atoms with E-state index in [9.17, 15) is 14.4 Å². The summed E-state index contributed by atoms with van der Waals surface area (Å²) in [4.78, 5) is 47.1. The minimum Gasteiger partial charge on any atom is -0.469 e. The molecule has 0 saturated carbocycles. The van der Waals surface area contributed by atoms with Crippen molar-refractivity contribution in [3.05, 3.63) is 62.7 Å². The van der Waals surface area contributed by atoms with E-state index in [-0.39, 0.29) is 40.7 Å². The van der Waals surface area contributed by atoms with Gasteiger partial charge in [0, 0.05) is 50.2 Å². The summed E-state index contributed by atoms with van der Waals surface area (Å²) in [6.07, 6.45) is 1.26. The second-order valence-electron chi connectivity index (χ2n) is 9.84. The van der Waals surface area contributed by atoms with E-state index in [0.29, 0.717) is 54.5 Å². The van der Waals surface area contributed by atoms with E-state index >= 15 is 0 Å². The standard InChI is InChI=1S/C28H31ClN6O4/c1-16-10-19(28(38)39-5)15-35(14-16)26-22(30-2)13-21(29)25(33-26)32-20-7-8-23-18(12-20)11-17(27(37)34(23)4)6-9-24(36)31-3/h7-8,11-13,16,19H,6,9-10,14-15H2,1,3-5H3,(H,31,36)(H,32,33). The number of methoxy groups -OCH3 is 1. The predicted molar refractivity (Wildman–Crippen MR) is 152 cm³/mol. The maximum absolute atomic E-state index is 12.8. The lowest BCUT2D eigenvalue weighted by molar-refractivity contribution is -0.146. The van der Waals surface area contributed by atoms with E-state index in [2.05, 4.69) is 22.4 Å². The van der Waals surface area contributed by atoms with Crippen molar-refractivity contribution < 1.29 is 14.3 Å². The van der Waals surface area contributed by atoms with E-state index in [1.807, 2.05) is 23.1 Å². The lowest BCUT2D eigenvalue weighted by Crippen LogP contribution is -2.43. The Morgan fingerprint density at radius 2 is 2.03 bits per heavy atom. The van der Waals surface area contributed by atoms with Gasteiger partial charge in [0.25, 0.3) is 5.56 Å². The fourth-order valence-corrected chi connectivity index (χ4v) is 5.24. The topological polar surface area (TPSA) is 110 Å². The molecule has 1 fully saturated rings. The van der Waals surface area contributed by atoms with Crippen molar-refractivity contribution in [2.24, 2.45) is 18.9 Å². The Morgan fingerprint density at radius 1 is 1.26 bits per heavy atom. The number of benzene rings is 1. The third-order valence-electron chi connectivity index (χ3n) is 7.01. The van der Waals surface area contributed by atoms with Gasteiger partial charge in [-0.05, 0) is 49.1 Å².